The minimum Gasteiger partial charge on any atom is -0.341 e. The average molecular weight is 265 g/mol. The van der Waals surface area contributed by atoms with Crippen LogP contribution in [0.5, 0.6) is 0 Å². The van der Waals surface area contributed by atoms with Crippen LogP contribution in [0.4, 0.5) is 0 Å². The van der Waals surface area contributed by atoms with Crippen LogP contribution in [0.15, 0.2) is 48.5 Å². The van der Waals surface area contributed by atoms with Crippen molar-refractivity contribution in [2.24, 2.45) is 0 Å². The van der Waals surface area contributed by atoms with Crippen LogP contribution < -0.4 is 5.32 Å². The van der Waals surface area contributed by atoms with Gasteiger partial charge in [0.15, 0.2) is 0 Å². The summed E-state index contributed by atoms with van der Waals surface area (Å²) in [7, 11) is 0. The van der Waals surface area contributed by atoms with E-state index in [1.54, 1.807) is 0 Å². The summed E-state index contributed by atoms with van der Waals surface area (Å²) in [5, 5.41) is 3.42. The molecule has 20 heavy (non-hydrogen) atoms. The standard InChI is InChI=1S/C17H19N3/c1-2-13-7-9-14(10-8-13)11-18-12-17-19-15-5-3-4-6-16(15)20-17/h3-10,18H,2,11-12H2,1H3,(H,19,20). The van der Waals surface area contributed by atoms with Crippen molar-refractivity contribution in [3.63, 3.8) is 0 Å². The number of aromatic nitrogens is 2. The zero-order valence-electron chi connectivity index (χ0n) is 11.7. The van der Waals surface area contributed by atoms with E-state index in [9.17, 15) is 0 Å². The Bertz CT molecular complexity index is 650. The molecule has 3 aromatic rings. The molecule has 0 radical (unpaired) electrons. The number of H-pyrrole nitrogens is 1. The van der Waals surface area contributed by atoms with Gasteiger partial charge in [-0.05, 0) is 29.7 Å². The number of rotatable bonds is 5. The average Bonchev–Trinajstić information content (AvgIpc) is 2.90. The van der Waals surface area contributed by atoms with Crippen molar-refractivity contribution >= 4 is 11.0 Å². The molecule has 0 saturated carbocycles. The molecule has 0 unspecified atom stereocenters. The number of benzene rings is 2. The maximum Gasteiger partial charge on any atom is 0.121 e. The number of hydrogen-bond donors (Lipinski definition) is 2. The minimum atomic E-state index is 0.754. The Balaban J connectivity index is 1.58. The van der Waals surface area contributed by atoms with E-state index in [2.05, 4.69) is 52.5 Å². The smallest absolute Gasteiger partial charge is 0.121 e. The Kier molecular flexibility index (Phi) is 3.79. The summed E-state index contributed by atoms with van der Waals surface area (Å²) in [5.74, 6) is 0.983. The molecule has 0 amide bonds. The highest BCUT2D eigenvalue weighted by molar-refractivity contribution is 5.74. The van der Waals surface area contributed by atoms with Crippen LogP contribution in [-0.4, -0.2) is 9.97 Å². The number of hydrogen-bond acceptors (Lipinski definition) is 2. The molecule has 0 fully saturated rings. The first-order valence-corrected chi connectivity index (χ1v) is 7.07. The molecule has 3 heteroatoms. The summed E-state index contributed by atoms with van der Waals surface area (Å²) in [6, 6.07) is 16.9. The second kappa shape index (κ2) is 5.88. The fourth-order valence-electron chi connectivity index (χ4n) is 2.31. The first kappa shape index (κ1) is 12.9. The van der Waals surface area contributed by atoms with Crippen molar-refractivity contribution in [3.8, 4) is 0 Å². The largest absolute Gasteiger partial charge is 0.341 e. The monoisotopic (exact) mass is 265 g/mol. The molecule has 0 bridgehead atoms. The van der Waals surface area contributed by atoms with E-state index < -0.39 is 0 Å². The Morgan fingerprint density at radius 3 is 2.45 bits per heavy atom. The van der Waals surface area contributed by atoms with Crippen LogP contribution in [0.25, 0.3) is 11.0 Å². The number of fused-ring (bicyclic) bond motifs is 1. The van der Waals surface area contributed by atoms with E-state index in [1.165, 1.54) is 11.1 Å². The number of nitrogens with zero attached hydrogens (tertiary/aromatic N) is 1. The molecule has 1 heterocycles. The maximum absolute atomic E-state index is 4.55. The molecule has 0 aliphatic heterocycles. The third kappa shape index (κ3) is 2.89. The SMILES string of the molecule is CCc1ccc(CNCc2nc3ccccc3[nH]2)cc1. The summed E-state index contributed by atoms with van der Waals surface area (Å²) >= 11 is 0. The lowest BCUT2D eigenvalue weighted by Crippen LogP contribution is -2.13. The Hall–Kier alpha value is -2.13. The lowest BCUT2D eigenvalue weighted by Gasteiger charge is -2.04. The lowest BCUT2D eigenvalue weighted by atomic mass is 10.1. The van der Waals surface area contributed by atoms with Crippen LogP contribution in [-0.2, 0) is 19.5 Å². The summed E-state index contributed by atoms with van der Waals surface area (Å²) in [4.78, 5) is 7.88. The third-order valence-electron chi connectivity index (χ3n) is 3.49. The Morgan fingerprint density at radius 1 is 0.950 bits per heavy atom. The molecule has 0 aliphatic carbocycles. The van der Waals surface area contributed by atoms with Gasteiger partial charge in [0.1, 0.15) is 5.82 Å². The molecule has 0 atom stereocenters. The topological polar surface area (TPSA) is 40.7 Å². The highest BCUT2D eigenvalue weighted by Crippen LogP contribution is 2.10. The van der Waals surface area contributed by atoms with Gasteiger partial charge in [-0.25, -0.2) is 4.98 Å². The number of aryl methyl sites for hydroxylation is 1. The van der Waals surface area contributed by atoms with Gasteiger partial charge in [-0.2, -0.15) is 0 Å². The second-order valence-electron chi connectivity index (χ2n) is 4.97. The van der Waals surface area contributed by atoms with Crippen molar-refractivity contribution < 1.29 is 0 Å². The Morgan fingerprint density at radius 2 is 1.70 bits per heavy atom. The molecule has 0 saturated heterocycles. The fourth-order valence-corrected chi connectivity index (χ4v) is 2.31. The van der Waals surface area contributed by atoms with Gasteiger partial charge in [-0.3, -0.25) is 0 Å². The van der Waals surface area contributed by atoms with E-state index in [1.807, 2.05) is 18.2 Å². The van der Waals surface area contributed by atoms with Crippen molar-refractivity contribution in [2.45, 2.75) is 26.4 Å². The summed E-state index contributed by atoms with van der Waals surface area (Å²) in [6.45, 7) is 3.79. The highest BCUT2D eigenvalue weighted by atomic mass is 15.0. The van der Waals surface area contributed by atoms with Crippen LogP contribution in [0.2, 0.25) is 0 Å². The second-order valence-corrected chi connectivity index (χ2v) is 4.97. The molecule has 102 valence electrons. The van der Waals surface area contributed by atoms with Crippen molar-refractivity contribution in [1.82, 2.24) is 15.3 Å². The van der Waals surface area contributed by atoms with E-state index >= 15 is 0 Å². The molecule has 0 spiro atoms. The molecule has 2 N–H and O–H groups in total. The van der Waals surface area contributed by atoms with Crippen LogP contribution in [0, 0.1) is 0 Å². The van der Waals surface area contributed by atoms with Gasteiger partial charge in [0, 0.05) is 6.54 Å². The van der Waals surface area contributed by atoms with Crippen molar-refractivity contribution in [1.29, 1.82) is 0 Å². The predicted molar refractivity (Wildman–Crippen MR) is 82.5 cm³/mol. The van der Waals surface area contributed by atoms with Gasteiger partial charge in [-0.1, -0.05) is 43.3 Å². The summed E-state index contributed by atoms with van der Waals surface area (Å²) < 4.78 is 0. The molecule has 3 nitrogen and oxygen atoms in total. The fraction of sp³-hybridized carbons (Fsp3) is 0.235. The van der Waals surface area contributed by atoms with E-state index in [0.29, 0.717) is 0 Å². The first-order valence-electron chi connectivity index (χ1n) is 7.07. The van der Waals surface area contributed by atoms with Gasteiger partial charge < -0.3 is 10.3 Å². The van der Waals surface area contributed by atoms with E-state index in [-0.39, 0.29) is 0 Å². The maximum atomic E-state index is 4.55. The number of aromatic amines is 1. The van der Waals surface area contributed by atoms with Crippen LogP contribution >= 0.6 is 0 Å². The molecular formula is C17H19N3. The van der Waals surface area contributed by atoms with Gasteiger partial charge >= 0.3 is 0 Å². The highest BCUT2D eigenvalue weighted by Gasteiger charge is 2.01. The molecule has 0 aliphatic rings. The molecule has 2 aromatic carbocycles. The van der Waals surface area contributed by atoms with Crippen molar-refractivity contribution in [2.75, 3.05) is 0 Å². The zero-order chi connectivity index (χ0) is 13.8. The van der Waals surface area contributed by atoms with Gasteiger partial charge in [-0.15, -0.1) is 0 Å². The summed E-state index contributed by atoms with van der Waals surface area (Å²) in [5.41, 5.74) is 4.80. The molecule has 1 aromatic heterocycles. The van der Waals surface area contributed by atoms with Gasteiger partial charge in [0.05, 0.1) is 17.6 Å². The number of imidazole rings is 1. The molecule has 3 rings (SSSR count). The summed E-state index contributed by atoms with van der Waals surface area (Å²) in [6.07, 6.45) is 1.09. The van der Waals surface area contributed by atoms with E-state index in [4.69, 9.17) is 0 Å². The quantitative estimate of drug-likeness (QED) is 0.742. The first-order chi connectivity index (χ1) is 9.85. The van der Waals surface area contributed by atoms with Gasteiger partial charge in [0.25, 0.3) is 0 Å². The number of para-hydroxylation sites is 2. The van der Waals surface area contributed by atoms with Crippen LogP contribution in [0.1, 0.15) is 23.9 Å². The minimum absolute atomic E-state index is 0.754. The predicted octanol–water partition coefficient (Wildman–Crippen LogP) is 3.42. The normalized spacial score (nSPS) is 11.1. The van der Waals surface area contributed by atoms with Gasteiger partial charge in [0.2, 0.25) is 0 Å². The zero-order valence-corrected chi connectivity index (χ0v) is 11.7. The third-order valence-corrected chi connectivity index (χ3v) is 3.49. The lowest BCUT2D eigenvalue weighted by molar-refractivity contribution is 0.670. The van der Waals surface area contributed by atoms with Crippen LogP contribution in [0.3, 0.4) is 0 Å². The molecular weight excluding hydrogens is 246 g/mol. The Labute approximate surface area is 119 Å². The number of nitrogens with one attached hydrogen (secondary N) is 2. The van der Waals surface area contributed by atoms with E-state index in [0.717, 1.165) is 36.4 Å². The van der Waals surface area contributed by atoms with Crippen molar-refractivity contribution in [3.05, 3.63) is 65.5 Å².